The third-order valence-electron chi connectivity index (χ3n) is 1.42. The van der Waals surface area contributed by atoms with Crippen LogP contribution in [0, 0.1) is 12.2 Å². The van der Waals surface area contributed by atoms with Gasteiger partial charge < -0.3 is 5.73 Å². The SMILES string of the molecule is C[CH]Cc1cc(N)cc(F)c1. The maximum Gasteiger partial charge on any atom is 0.125 e. The Hall–Kier alpha value is -1.05. The third-order valence-corrected chi connectivity index (χ3v) is 1.42. The van der Waals surface area contributed by atoms with Gasteiger partial charge in [-0.3, -0.25) is 0 Å². The molecule has 0 bridgehead atoms. The van der Waals surface area contributed by atoms with Crippen LogP contribution in [-0.4, -0.2) is 0 Å². The van der Waals surface area contributed by atoms with Crippen LogP contribution in [0.5, 0.6) is 0 Å². The Morgan fingerprint density at radius 1 is 1.45 bits per heavy atom. The van der Waals surface area contributed by atoms with Gasteiger partial charge in [0.1, 0.15) is 5.82 Å². The largest absolute Gasteiger partial charge is 0.399 e. The minimum atomic E-state index is -0.262. The zero-order valence-corrected chi connectivity index (χ0v) is 6.47. The summed E-state index contributed by atoms with van der Waals surface area (Å²) in [6, 6.07) is 4.60. The van der Waals surface area contributed by atoms with Gasteiger partial charge in [-0.2, -0.15) is 0 Å². The molecule has 0 aliphatic heterocycles. The lowest BCUT2D eigenvalue weighted by atomic mass is 10.1. The molecule has 0 heterocycles. The quantitative estimate of drug-likeness (QED) is 0.646. The molecule has 1 nitrogen and oxygen atoms in total. The van der Waals surface area contributed by atoms with Crippen LogP contribution in [0.4, 0.5) is 10.1 Å². The van der Waals surface area contributed by atoms with Crippen LogP contribution >= 0.6 is 0 Å². The van der Waals surface area contributed by atoms with E-state index in [2.05, 4.69) is 0 Å². The van der Waals surface area contributed by atoms with Gasteiger partial charge in [-0.05, 0) is 36.6 Å². The second-order valence-electron chi connectivity index (χ2n) is 2.51. The standard InChI is InChI=1S/C9H11FN/c1-2-3-7-4-8(10)6-9(11)5-7/h2,4-6H,3,11H2,1H3. The summed E-state index contributed by atoms with van der Waals surface area (Å²) >= 11 is 0. The highest BCUT2D eigenvalue weighted by Gasteiger charge is 1.96. The van der Waals surface area contributed by atoms with Gasteiger partial charge in [-0.1, -0.05) is 6.92 Å². The van der Waals surface area contributed by atoms with Crippen molar-refractivity contribution < 1.29 is 4.39 Å². The maximum absolute atomic E-state index is 12.7. The second-order valence-corrected chi connectivity index (χ2v) is 2.51. The van der Waals surface area contributed by atoms with Gasteiger partial charge in [0, 0.05) is 5.69 Å². The number of halogens is 1. The van der Waals surface area contributed by atoms with Crippen LogP contribution < -0.4 is 5.73 Å². The molecule has 0 aromatic heterocycles. The molecule has 1 aromatic carbocycles. The number of hydrogen-bond donors (Lipinski definition) is 1. The number of rotatable bonds is 2. The van der Waals surface area contributed by atoms with Crippen LogP contribution in [0.1, 0.15) is 12.5 Å². The van der Waals surface area contributed by atoms with E-state index in [0.717, 1.165) is 12.0 Å². The van der Waals surface area contributed by atoms with Crippen LogP contribution in [0.15, 0.2) is 18.2 Å². The van der Waals surface area contributed by atoms with Gasteiger partial charge in [-0.25, -0.2) is 4.39 Å². The molecule has 0 unspecified atom stereocenters. The Balaban J connectivity index is 2.89. The number of nitrogen functional groups attached to an aromatic ring is 1. The molecule has 0 saturated heterocycles. The van der Waals surface area contributed by atoms with Crippen molar-refractivity contribution in [3.8, 4) is 0 Å². The van der Waals surface area contributed by atoms with Gasteiger partial charge in [-0.15, -0.1) is 0 Å². The molecule has 2 heteroatoms. The fourth-order valence-electron chi connectivity index (χ4n) is 1.03. The van der Waals surface area contributed by atoms with E-state index in [9.17, 15) is 4.39 Å². The van der Waals surface area contributed by atoms with Crippen LogP contribution in [0.25, 0.3) is 0 Å². The van der Waals surface area contributed by atoms with Crippen molar-refractivity contribution in [1.82, 2.24) is 0 Å². The first kappa shape index (κ1) is 8.05. The third kappa shape index (κ3) is 2.22. The van der Waals surface area contributed by atoms with Gasteiger partial charge in [0.05, 0.1) is 0 Å². The molecule has 0 amide bonds. The van der Waals surface area contributed by atoms with E-state index >= 15 is 0 Å². The summed E-state index contributed by atoms with van der Waals surface area (Å²) in [5.41, 5.74) is 6.84. The van der Waals surface area contributed by atoms with Gasteiger partial charge >= 0.3 is 0 Å². The van der Waals surface area contributed by atoms with Crippen molar-refractivity contribution in [3.63, 3.8) is 0 Å². The Morgan fingerprint density at radius 2 is 2.18 bits per heavy atom. The maximum atomic E-state index is 12.7. The average molecular weight is 152 g/mol. The fraction of sp³-hybridized carbons (Fsp3) is 0.222. The minimum Gasteiger partial charge on any atom is -0.399 e. The molecule has 1 rings (SSSR count). The zero-order chi connectivity index (χ0) is 8.27. The molecule has 59 valence electrons. The molecule has 0 aliphatic carbocycles. The van der Waals surface area contributed by atoms with E-state index in [1.54, 1.807) is 6.07 Å². The summed E-state index contributed by atoms with van der Waals surface area (Å²) in [6.45, 7) is 1.93. The first-order valence-corrected chi connectivity index (χ1v) is 3.55. The molecule has 2 N–H and O–H groups in total. The lowest BCUT2D eigenvalue weighted by molar-refractivity contribution is 0.626. The number of anilines is 1. The van der Waals surface area contributed by atoms with Crippen molar-refractivity contribution in [2.24, 2.45) is 0 Å². The lowest BCUT2D eigenvalue weighted by Gasteiger charge is -1.99. The van der Waals surface area contributed by atoms with E-state index in [-0.39, 0.29) is 5.82 Å². The number of hydrogen-bond acceptors (Lipinski definition) is 1. The van der Waals surface area contributed by atoms with E-state index < -0.39 is 0 Å². The predicted molar refractivity (Wildman–Crippen MR) is 44.5 cm³/mol. The molecule has 0 atom stereocenters. The topological polar surface area (TPSA) is 26.0 Å². The predicted octanol–water partition coefficient (Wildman–Crippen LogP) is 2.17. The van der Waals surface area contributed by atoms with E-state index in [0.29, 0.717) is 5.69 Å². The van der Waals surface area contributed by atoms with Crippen molar-refractivity contribution in [1.29, 1.82) is 0 Å². The Bertz CT molecular complexity index is 225. The molecule has 0 spiro atoms. The lowest BCUT2D eigenvalue weighted by Crippen LogP contribution is -1.91. The molecule has 1 radical (unpaired) electrons. The van der Waals surface area contributed by atoms with Crippen molar-refractivity contribution in [3.05, 3.63) is 36.0 Å². The summed E-state index contributed by atoms with van der Waals surface area (Å²) in [5, 5.41) is 0. The summed E-state index contributed by atoms with van der Waals surface area (Å²) in [5.74, 6) is -0.262. The normalized spacial score (nSPS) is 10.0. The Kier molecular flexibility index (Phi) is 2.47. The Labute approximate surface area is 66.0 Å². The smallest absolute Gasteiger partial charge is 0.125 e. The molecule has 0 saturated carbocycles. The Morgan fingerprint density at radius 3 is 2.73 bits per heavy atom. The van der Waals surface area contributed by atoms with E-state index in [1.165, 1.54) is 12.1 Å². The molecule has 11 heavy (non-hydrogen) atoms. The first-order valence-electron chi connectivity index (χ1n) is 3.55. The minimum absolute atomic E-state index is 0.262. The fourth-order valence-corrected chi connectivity index (χ4v) is 1.03. The van der Waals surface area contributed by atoms with Gasteiger partial charge in [0.25, 0.3) is 0 Å². The van der Waals surface area contributed by atoms with Crippen molar-refractivity contribution >= 4 is 5.69 Å². The van der Waals surface area contributed by atoms with Crippen molar-refractivity contribution in [2.75, 3.05) is 5.73 Å². The molecule has 0 aliphatic rings. The summed E-state index contributed by atoms with van der Waals surface area (Å²) in [6.07, 6.45) is 2.73. The monoisotopic (exact) mass is 152 g/mol. The summed E-state index contributed by atoms with van der Waals surface area (Å²) < 4.78 is 12.7. The van der Waals surface area contributed by atoms with Crippen LogP contribution in [-0.2, 0) is 6.42 Å². The van der Waals surface area contributed by atoms with Gasteiger partial charge in [0.2, 0.25) is 0 Å². The van der Waals surface area contributed by atoms with Gasteiger partial charge in [0.15, 0.2) is 0 Å². The van der Waals surface area contributed by atoms with Crippen molar-refractivity contribution in [2.45, 2.75) is 13.3 Å². The molecule has 1 aromatic rings. The number of nitrogens with two attached hydrogens (primary N) is 1. The van der Waals surface area contributed by atoms with Crippen LogP contribution in [0.2, 0.25) is 0 Å². The highest BCUT2D eigenvalue weighted by molar-refractivity contribution is 5.41. The average Bonchev–Trinajstić information content (AvgIpc) is 1.85. The molecular weight excluding hydrogens is 141 g/mol. The highest BCUT2D eigenvalue weighted by atomic mass is 19.1. The zero-order valence-electron chi connectivity index (χ0n) is 6.47. The van der Waals surface area contributed by atoms with E-state index in [4.69, 9.17) is 5.73 Å². The second kappa shape index (κ2) is 3.37. The molecule has 0 fully saturated rings. The summed E-state index contributed by atoms with van der Waals surface area (Å²) in [7, 11) is 0. The van der Waals surface area contributed by atoms with Crippen LogP contribution in [0.3, 0.4) is 0 Å². The van der Waals surface area contributed by atoms with E-state index in [1.807, 2.05) is 13.3 Å². The molecular formula is C9H11FN. The highest BCUT2D eigenvalue weighted by Crippen LogP contribution is 2.11. The summed E-state index contributed by atoms with van der Waals surface area (Å²) in [4.78, 5) is 0. The first-order chi connectivity index (χ1) is 5.22. The number of benzene rings is 1.